The van der Waals surface area contributed by atoms with E-state index in [-0.39, 0.29) is 6.09 Å². The maximum absolute atomic E-state index is 12.1. The SMILES string of the molecule is Cc1cnc(-c2cnn3ccncc23)nc1NOC(=O)N1CCCCC1. The fraction of sp³-hybridized carbons (Fsp3) is 0.353. The smallest absolute Gasteiger partial charge is 0.323 e. The van der Waals surface area contributed by atoms with E-state index in [9.17, 15) is 4.79 Å². The Morgan fingerprint density at radius 1 is 1.19 bits per heavy atom. The van der Waals surface area contributed by atoms with Crippen molar-refractivity contribution in [1.29, 1.82) is 0 Å². The number of nitrogens with zero attached hydrogens (tertiary/aromatic N) is 6. The molecule has 0 radical (unpaired) electrons. The number of rotatable bonds is 3. The number of fused-ring (bicyclic) bond motifs is 1. The number of hydrogen-bond acceptors (Lipinski definition) is 7. The van der Waals surface area contributed by atoms with Gasteiger partial charge in [0.25, 0.3) is 0 Å². The highest BCUT2D eigenvalue weighted by molar-refractivity contribution is 5.75. The minimum absolute atomic E-state index is 0.385. The molecule has 1 saturated heterocycles. The molecule has 4 heterocycles. The van der Waals surface area contributed by atoms with Crippen LogP contribution in [-0.2, 0) is 4.84 Å². The summed E-state index contributed by atoms with van der Waals surface area (Å²) in [7, 11) is 0. The molecule has 0 aromatic carbocycles. The van der Waals surface area contributed by atoms with Crippen LogP contribution in [0.3, 0.4) is 0 Å². The van der Waals surface area contributed by atoms with Crippen molar-refractivity contribution in [3.05, 3.63) is 36.5 Å². The van der Waals surface area contributed by atoms with Gasteiger partial charge in [-0.2, -0.15) is 10.6 Å². The van der Waals surface area contributed by atoms with Gasteiger partial charge in [0.15, 0.2) is 11.6 Å². The lowest BCUT2D eigenvalue weighted by molar-refractivity contribution is 0.114. The van der Waals surface area contributed by atoms with Gasteiger partial charge in [0, 0.05) is 37.2 Å². The Kier molecular flexibility index (Phi) is 4.34. The molecule has 134 valence electrons. The third-order valence-corrected chi connectivity index (χ3v) is 4.39. The molecule has 1 aliphatic heterocycles. The number of likely N-dealkylation sites (tertiary alicyclic amines) is 1. The molecule has 9 nitrogen and oxygen atoms in total. The van der Waals surface area contributed by atoms with Gasteiger partial charge in [-0.1, -0.05) is 0 Å². The maximum atomic E-state index is 12.1. The first-order chi connectivity index (χ1) is 12.7. The van der Waals surface area contributed by atoms with E-state index in [1.54, 1.807) is 40.4 Å². The van der Waals surface area contributed by atoms with Crippen molar-refractivity contribution in [2.45, 2.75) is 26.2 Å². The van der Waals surface area contributed by atoms with Crippen LogP contribution in [0, 0.1) is 6.92 Å². The summed E-state index contributed by atoms with van der Waals surface area (Å²) >= 11 is 0. The molecule has 0 saturated carbocycles. The molecule has 0 atom stereocenters. The van der Waals surface area contributed by atoms with Crippen molar-refractivity contribution in [2.24, 2.45) is 0 Å². The van der Waals surface area contributed by atoms with Gasteiger partial charge in [0.2, 0.25) is 0 Å². The second kappa shape index (κ2) is 6.95. The molecule has 3 aromatic heterocycles. The van der Waals surface area contributed by atoms with Gasteiger partial charge in [-0.15, -0.1) is 0 Å². The minimum Gasteiger partial charge on any atom is -0.323 e. The summed E-state index contributed by atoms with van der Waals surface area (Å²) in [6.07, 6.45) is 11.3. The van der Waals surface area contributed by atoms with Gasteiger partial charge in [-0.05, 0) is 26.2 Å². The quantitative estimate of drug-likeness (QED) is 0.722. The Hall–Kier alpha value is -3.23. The summed E-state index contributed by atoms with van der Waals surface area (Å²) in [4.78, 5) is 32.0. The summed E-state index contributed by atoms with van der Waals surface area (Å²) in [6.45, 7) is 3.30. The zero-order chi connectivity index (χ0) is 17.9. The standard InChI is InChI=1S/C17H19N7O2/c1-12-9-19-16(13-10-20-24-8-5-18-11-14(13)24)21-15(12)22-26-17(25)23-6-3-2-4-7-23/h5,8-11H,2-4,6-7H2,1H3,(H,19,21,22). The Balaban J connectivity index is 1.54. The van der Waals surface area contributed by atoms with Crippen molar-refractivity contribution in [2.75, 3.05) is 18.6 Å². The zero-order valence-corrected chi connectivity index (χ0v) is 14.4. The van der Waals surface area contributed by atoms with E-state index in [0.29, 0.717) is 11.6 Å². The van der Waals surface area contributed by atoms with Gasteiger partial charge in [-0.25, -0.2) is 19.3 Å². The molecular formula is C17H19N7O2. The van der Waals surface area contributed by atoms with Crippen molar-refractivity contribution in [3.63, 3.8) is 0 Å². The summed E-state index contributed by atoms with van der Waals surface area (Å²) in [5.74, 6) is 0.929. The number of amides is 1. The molecule has 1 fully saturated rings. The fourth-order valence-corrected chi connectivity index (χ4v) is 2.91. The van der Waals surface area contributed by atoms with E-state index >= 15 is 0 Å². The van der Waals surface area contributed by atoms with Gasteiger partial charge >= 0.3 is 6.09 Å². The van der Waals surface area contributed by atoms with E-state index in [1.807, 2.05) is 6.92 Å². The first-order valence-electron chi connectivity index (χ1n) is 8.55. The average molecular weight is 353 g/mol. The van der Waals surface area contributed by atoms with Crippen LogP contribution < -0.4 is 5.48 Å². The highest BCUT2D eigenvalue weighted by Gasteiger charge is 2.19. The second-order valence-corrected chi connectivity index (χ2v) is 6.21. The lowest BCUT2D eigenvalue weighted by Gasteiger charge is -2.25. The number of carbonyl (C=O) groups is 1. The Labute approximate surface area is 150 Å². The molecule has 4 rings (SSSR count). The highest BCUT2D eigenvalue weighted by atomic mass is 16.7. The van der Waals surface area contributed by atoms with Crippen LogP contribution in [0.15, 0.2) is 31.0 Å². The third-order valence-electron chi connectivity index (χ3n) is 4.39. The number of hydrogen-bond donors (Lipinski definition) is 1. The molecule has 0 bridgehead atoms. The summed E-state index contributed by atoms with van der Waals surface area (Å²) in [6, 6.07) is 0. The largest absolute Gasteiger partial charge is 0.434 e. The van der Waals surface area contributed by atoms with Gasteiger partial charge in [0.05, 0.1) is 23.5 Å². The second-order valence-electron chi connectivity index (χ2n) is 6.21. The minimum atomic E-state index is -0.385. The Morgan fingerprint density at radius 3 is 2.88 bits per heavy atom. The molecule has 26 heavy (non-hydrogen) atoms. The maximum Gasteiger partial charge on any atom is 0.434 e. The zero-order valence-electron chi connectivity index (χ0n) is 14.4. The number of nitrogens with one attached hydrogen (secondary N) is 1. The highest BCUT2D eigenvalue weighted by Crippen LogP contribution is 2.23. The van der Waals surface area contributed by atoms with Crippen molar-refractivity contribution >= 4 is 17.4 Å². The van der Waals surface area contributed by atoms with Gasteiger partial charge < -0.3 is 9.74 Å². The van der Waals surface area contributed by atoms with E-state index in [2.05, 4.69) is 25.5 Å². The van der Waals surface area contributed by atoms with E-state index < -0.39 is 0 Å². The monoisotopic (exact) mass is 353 g/mol. The predicted octanol–water partition coefficient (Wildman–Crippen LogP) is 2.44. The average Bonchev–Trinajstić information content (AvgIpc) is 3.12. The van der Waals surface area contributed by atoms with Crippen LogP contribution in [0.1, 0.15) is 24.8 Å². The normalized spacial score (nSPS) is 14.4. The molecular weight excluding hydrogens is 334 g/mol. The van der Waals surface area contributed by atoms with Crippen LogP contribution in [-0.4, -0.2) is 48.6 Å². The number of anilines is 1. The fourth-order valence-electron chi connectivity index (χ4n) is 2.91. The van der Waals surface area contributed by atoms with Gasteiger partial charge in [0.1, 0.15) is 0 Å². The Morgan fingerprint density at radius 2 is 2.04 bits per heavy atom. The van der Waals surface area contributed by atoms with Crippen molar-refractivity contribution in [1.82, 2.24) is 29.5 Å². The lowest BCUT2D eigenvalue weighted by atomic mass is 10.1. The number of aromatic nitrogens is 5. The first kappa shape index (κ1) is 16.2. The topological polar surface area (TPSA) is 97.5 Å². The molecule has 3 aromatic rings. The third kappa shape index (κ3) is 3.15. The van der Waals surface area contributed by atoms with Crippen LogP contribution in [0.25, 0.3) is 16.9 Å². The van der Waals surface area contributed by atoms with E-state index in [4.69, 9.17) is 4.84 Å². The van der Waals surface area contributed by atoms with Crippen molar-refractivity contribution < 1.29 is 9.63 Å². The van der Waals surface area contributed by atoms with E-state index in [1.165, 1.54) is 0 Å². The number of aryl methyl sites for hydroxylation is 1. The number of piperidine rings is 1. The molecule has 0 spiro atoms. The molecule has 9 heteroatoms. The predicted molar refractivity (Wildman–Crippen MR) is 94.3 cm³/mol. The first-order valence-corrected chi connectivity index (χ1v) is 8.55. The summed E-state index contributed by atoms with van der Waals surface area (Å²) in [5, 5.41) is 4.27. The molecule has 1 aliphatic rings. The van der Waals surface area contributed by atoms with Crippen LogP contribution in [0.4, 0.5) is 10.6 Å². The van der Waals surface area contributed by atoms with Gasteiger partial charge in [-0.3, -0.25) is 4.98 Å². The molecule has 1 N–H and O–H groups in total. The van der Waals surface area contributed by atoms with Crippen molar-refractivity contribution in [3.8, 4) is 11.4 Å². The Bertz CT molecular complexity index is 934. The van der Waals surface area contributed by atoms with E-state index in [0.717, 1.165) is 49.0 Å². The van der Waals surface area contributed by atoms with Crippen LogP contribution >= 0.6 is 0 Å². The molecule has 0 aliphatic carbocycles. The summed E-state index contributed by atoms with van der Waals surface area (Å²) in [5.41, 5.74) is 5.00. The lowest BCUT2D eigenvalue weighted by Crippen LogP contribution is -2.37. The van der Waals surface area contributed by atoms with Crippen LogP contribution in [0.5, 0.6) is 0 Å². The molecule has 1 amide bonds. The molecule has 0 unspecified atom stereocenters. The van der Waals surface area contributed by atoms with Crippen LogP contribution in [0.2, 0.25) is 0 Å². The number of carbonyl (C=O) groups excluding carboxylic acids is 1. The summed E-state index contributed by atoms with van der Waals surface area (Å²) < 4.78 is 1.70.